The minimum absolute atomic E-state index is 0.0103. The molecule has 7 heteroatoms. The van der Waals surface area contributed by atoms with Gasteiger partial charge in [-0.2, -0.15) is 0 Å². The summed E-state index contributed by atoms with van der Waals surface area (Å²) in [5, 5.41) is 19.4. The summed E-state index contributed by atoms with van der Waals surface area (Å²) in [6, 6.07) is 1.34. The van der Waals surface area contributed by atoms with Crippen molar-refractivity contribution in [3.8, 4) is 5.75 Å². The predicted octanol–water partition coefficient (Wildman–Crippen LogP) is 1.95. The molecular weight excluding hydrogens is 298 g/mol. The highest BCUT2D eigenvalue weighted by molar-refractivity contribution is 14.1. The van der Waals surface area contributed by atoms with Gasteiger partial charge in [0.15, 0.2) is 0 Å². The zero-order chi connectivity index (χ0) is 9.30. The van der Waals surface area contributed by atoms with Crippen LogP contribution in [0.5, 0.6) is 5.75 Å². The number of hydrogen-bond acceptors (Lipinski definition) is 4. The van der Waals surface area contributed by atoms with Gasteiger partial charge in [-0.1, -0.05) is 0 Å². The fraction of sp³-hybridized carbons (Fsp3) is 0. The van der Waals surface area contributed by atoms with E-state index in [1.807, 2.05) is 0 Å². The van der Waals surface area contributed by atoms with Crippen molar-refractivity contribution in [2.75, 3.05) is 0 Å². The first kappa shape index (κ1) is 9.46. The molecule has 1 aromatic heterocycles. The van der Waals surface area contributed by atoms with Gasteiger partial charge in [0, 0.05) is 6.07 Å². The number of nitro groups is 1. The second-order valence-corrected chi connectivity index (χ2v) is 3.41. The van der Waals surface area contributed by atoms with E-state index in [1.54, 1.807) is 22.6 Å². The van der Waals surface area contributed by atoms with E-state index in [2.05, 4.69) is 4.98 Å². The van der Waals surface area contributed by atoms with E-state index in [9.17, 15) is 10.1 Å². The van der Waals surface area contributed by atoms with Crippen molar-refractivity contribution in [1.29, 1.82) is 0 Å². The van der Waals surface area contributed by atoms with Gasteiger partial charge in [0.05, 0.1) is 3.57 Å². The van der Waals surface area contributed by atoms with E-state index in [0.717, 1.165) is 0 Å². The van der Waals surface area contributed by atoms with Crippen LogP contribution in [0.1, 0.15) is 0 Å². The summed E-state index contributed by atoms with van der Waals surface area (Å²) in [6.45, 7) is 0. The van der Waals surface area contributed by atoms with Crippen molar-refractivity contribution in [2.24, 2.45) is 0 Å². The molecular formula is C5H2ClIN2O3. The molecule has 12 heavy (non-hydrogen) atoms. The molecule has 0 atom stereocenters. The molecule has 1 aromatic rings. The zero-order valence-corrected chi connectivity index (χ0v) is 8.40. The Labute approximate surface area is 85.7 Å². The van der Waals surface area contributed by atoms with Gasteiger partial charge in [0.1, 0.15) is 0 Å². The Morgan fingerprint density at radius 1 is 1.75 bits per heavy atom. The van der Waals surface area contributed by atoms with E-state index in [4.69, 9.17) is 16.7 Å². The minimum Gasteiger partial charge on any atom is -0.500 e. The van der Waals surface area contributed by atoms with E-state index in [0.29, 0.717) is 3.57 Å². The van der Waals surface area contributed by atoms with Crippen LogP contribution in [0.2, 0.25) is 5.15 Å². The van der Waals surface area contributed by atoms with Gasteiger partial charge in [0.25, 0.3) is 0 Å². The highest BCUT2D eigenvalue weighted by Crippen LogP contribution is 2.30. The van der Waals surface area contributed by atoms with Crippen molar-refractivity contribution >= 4 is 40.0 Å². The van der Waals surface area contributed by atoms with E-state index in [1.165, 1.54) is 6.07 Å². The normalized spacial score (nSPS) is 9.83. The molecule has 1 heterocycles. The van der Waals surface area contributed by atoms with Gasteiger partial charge < -0.3 is 15.2 Å². The van der Waals surface area contributed by atoms with Crippen molar-refractivity contribution in [1.82, 2.24) is 4.98 Å². The Morgan fingerprint density at radius 3 is 2.83 bits per heavy atom. The Morgan fingerprint density at radius 2 is 2.33 bits per heavy atom. The predicted molar refractivity (Wildman–Crippen MR) is 50.3 cm³/mol. The molecule has 0 saturated heterocycles. The first-order valence-corrected chi connectivity index (χ1v) is 4.17. The Balaban J connectivity index is 3.37. The largest absolute Gasteiger partial charge is 0.500 e. The molecule has 0 unspecified atom stereocenters. The van der Waals surface area contributed by atoms with Crippen LogP contribution in [0.15, 0.2) is 6.07 Å². The molecule has 5 nitrogen and oxygen atoms in total. The van der Waals surface area contributed by atoms with Crippen LogP contribution in [0.3, 0.4) is 0 Å². The van der Waals surface area contributed by atoms with Crippen LogP contribution in [-0.4, -0.2) is 15.0 Å². The lowest BCUT2D eigenvalue weighted by Gasteiger charge is -1.97. The summed E-state index contributed by atoms with van der Waals surface area (Å²) in [7, 11) is 0. The molecule has 0 aliphatic heterocycles. The number of aromatic hydroxyl groups is 1. The molecule has 0 aliphatic carbocycles. The van der Waals surface area contributed by atoms with Crippen LogP contribution < -0.4 is 0 Å². The molecule has 0 saturated carbocycles. The maximum Gasteiger partial charge on any atom is 0.408 e. The lowest BCUT2D eigenvalue weighted by Crippen LogP contribution is -1.94. The number of pyridine rings is 1. The van der Waals surface area contributed by atoms with Gasteiger partial charge in [0.2, 0.25) is 10.9 Å². The highest BCUT2D eigenvalue weighted by Gasteiger charge is 2.19. The van der Waals surface area contributed by atoms with Crippen molar-refractivity contribution in [3.63, 3.8) is 0 Å². The van der Waals surface area contributed by atoms with Crippen molar-refractivity contribution < 1.29 is 10.0 Å². The second kappa shape index (κ2) is 3.40. The SMILES string of the molecule is O=[N+]([O-])c1nc(Cl)cc(I)c1O. The molecule has 0 amide bonds. The molecule has 1 N–H and O–H groups in total. The lowest BCUT2D eigenvalue weighted by molar-refractivity contribution is -0.390. The van der Waals surface area contributed by atoms with E-state index >= 15 is 0 Å². The van der Waals surface area contributed by atoms with Crippen molar-refractivity contribution in [3.05, 3.63) is 24.9 Å². The second-order valence-electron chi connectivity index (χ2n) is 1.86. The molecule has 0 aliphatic rings. The summed E-state index contributed by atoms with van der Waals surface area (Å²) < 4.78 is 0.305. The topological polar surface area (TPSA) is 76.3 Å². The first-order chi connectivity index (χ1) is 5.52. The molecule has 64 valence electrons. The van der Waals surface area contributed by atoms with Gasteiger partial charge in [-0.25, -0.2) is 0 Å². The fourth-order valence-electron chi connectivity index (χ4n) is 0.593. The van der Waals surface area contributed by atoms with Gasteiger partial charge in [-0.15, -0.1) is 0 Å². The summed E-state index contributed by atoms with van der Waals surface area (Å²) in [5.74, 6) is -1.07. The van der Waals surface area contributed by atoms with E-state index in [-0.39, 0.29) is 5.15 Å². The van der Waals surface area contributed by atoms with Crippen molar-refractivity contribution in [2.45, 2.75) is 0 Å². The zero-order valence-electron chi connectivity index (χ0n) is 5.49. The van der Waals surface area contributed by atoms with E-state index < -0.39 is 16.5 Å². The number of rotatable bonds is 1. The fourth-order valence-corrected chi connectivity index (χ4v) is 1.50. The lowest BCUT2D eigenvalue weighted by atomic mass is 10.4. The maximum atomic E-state index is 10.2. The average molecular weight is 300 g/mol. The third-order valence-electron chi connectivity index (χ3n) is 1.07. The molecule has 1 rings (SSSR count). The maximum absolute atomic E-state index is 10.2. The standard InChI is InChI=1S/C5H2ClIN2O3/c6-3-1-2(7)4(10)5(8-3)9(11)12/h1,10H. The summed E-state index contributed by atoms with van der Waals surface area (Å²) >= 11 is 7.16. The van der Waals surface area contributed by atoms with Gasteiger partial charge >= 0.3 is 5.82 Å². The summed E-state index contributed by atoms with van der Waals surface area (Å²) in [5.41, 5.74) is 0. The van der Waals surface area contributed by atoms with Crippen LogP contribution >= 0.6 is 34.2 Å². The monoisotopic (exact) mass is 300 g/mol. The van der Waals surface area contributed by atoms with Crippen LogP contribution in [-0.2, 0) is 0 Å². The van der Waals surface area contributed by atoms with Gasteiger partial charge in [-0.05, 0) is 44.1 Å². The molecule has 0 fully saturated rings. The number of aromatic nitrogens is 1. The number of nitrogens with zero attached hydrogens (tertiary/aromatic N) is 2. The first-order valence-electron chi connectivity index (χ1n) is 2.71. The van der Waals surface area contributed by atoms with Crippen LogP contribution in [0, 0.1) is 13.7 Å². The molecule has 0 aromatic carbocycles. The third-order valence-corrected chi connectivity index (χ3v) is 2.09. The van der Waals surface area contributed by atoms with Crippen LogP contribution in [0.4, 0.5) is 5.82 Å². The molecule has 0 bridgehead atoms. The van der Waals surface area contributed by atoms with Crippen LogP contribution in [0.25, 0.3) is 0 Å². The highest BCUT2D eigenvalue weighted by atomic mass is 127. The van der Waals surface area contributed by atoms with Gasteiger partial charge in [-0.3, -0.25) is 0 Å². The smallest absolute Gasteiger partial charge is 0.408 e. The third kappa shape index (κ3) is 1.75. The summed E-state index contributed by atoms with van der Waals surface area (Å²) in [4.78, 5) is 12.8. The molecule has 0 spiro atoms. The Bertz CT molecular complexity index is 344. The minimum atomic E-state index is -0.788. The Kier molecular flexibility index (Phi) is 2.68. The quantitative estimate of drug-likeness (QED) is 0.372. The number of hydrogen-bond donors (Lipinski definition) is 1. The molecule has 0 radical (unpaired) electrons. The average Bonchev–Trinajstić information content (AvgIpc) is 1.96. The summed E-state index contributed by atoms with van der Waals surface area (Å²) in [6.07, 6.45) is 0. The number of halogens is 2. The Hall–Kier alpha value is -0.630.